The minimum atomic E-state index is -1.11. The lowest BCUT2D eigenvalue weighted by Crippen LogP contribution is -2.32. The molecular weight excluding hydrogens is 390 g/mol. The third kappa shape index (κ3) is 3.12. The average Bonchev–Trinajstić information content (AvgIpc) is 3.29. The van der Waals surface area contributed by atoms with E-state index in [1.54, 1.807) is 16.3 Å². The molecule has 0 aliphatic carbocycles. The molecule has 4 aromatic rings. The van der Waals surface area contributed by atoms with Gasteiger partial charge in [0.25, 0.3) is 0 Å². The SMILES string of the molecule is Nc1ncnc2c1ncn2[C@@H]1O[C@H](CSc2cccc3ccccc23)[C@@H](O)[C@H]1O. The highest BCUT2D eigenvalue weighted by atomic mass is 32.2. The fraction of sp³-hybridized carbons (Fsp3) is 0.250. The molecule has 29 heavy (non-hydrogen) atoms. The Morgan fingerprint density at radius 1 is 1.03 bits per heavy atom. The molecule has 4 atom stereocenters. The first kappa shape index (κ1) is 18.3. The van der Waals surface area contributed by atoms with Crippen LogP contribution in [0.4, 0.5) is 5.82 Å². The highest BCUT2D eigenvalue weighted by molar-refractivity contribution is 7.99. The second kappa shape index (κ2) is 7.27. The van der Waals surface area contributed by atoms with E-state index >= 15 is 0 Å². The summed E-state index contributed by atoms with van der Waals surface area (Å²) in [6.45, 7) is 0. The smallest absolute Gasteiger partial charge is 0.167 e. The van der Waals surface area contributed by atoms with Gasteiger partial charge in [0.15, 0.2) is 17.7 Å². The first-order valence-corrected chi connectivity index (χ1v) is 10.2. The van der Waals surface area contributed by atoms with E-state index in [4.69, 9.17) is 10.5 Å². The predicted molar refractivity (Wildman–Crippen MR) is 110 cm³/mol. The van der Waals surface area contributed by atoms with Crippen molar-refractivity contribution in [1.82, 2.24) is 19.5 Å². The van der Waals surface area contributed by atoms with Crippen LogP contribution >= 0.6 is 11.8 Å². The molecule has 1 saturated heterocycles. The Hall–Kier alpha value is -2.72. The maximum Gasteiger partial charge on any atom is 0.167 e. The third-order valence-electron chi connectivity index (χ3n) is 5.15. The number of hydrogen-bond acceptors (Lipinski definition) is 8. The summed E-state index contributed by atoms with van der Waals surface area (Å²) < 4.78 is 7.60. The number of benzene rings is 2. The minimum Gasteiger partial charge on any atom is -0.387 e. The maximum absolute atomic E-state index is 10.6. The fourth-order valence-electron chi connectivity index (χ4n) is 3.65. The van der Waals surface area contributed by atoms with Gasteiger partial charge < -0.3 is 20.7 Å². The molecule has 148 valence electrons. The van der Waals surface area contributed by atoms with E-state index < -0.39 is 24.5 Å². The first-order valence-electron chi connectivity index (χ1n) is 9.18. The van der Waals surface area contributed by atoms with E-state index in [0.717, 1.165) is 15.7 Å². The summed E-state index contributed by atoms with van der Waals surface area (Å²) in [5, 5.41) is 23.5. The second-order valence-corrected chi connectivity index (χ2v) is 7.98. The van der Waals surface area contributed by atoms with Crippen molar-refractivity contribution in [1.29, 1.82) is 0 Å². The Bertz CT molecular complexity index is 1180. The van der Waals surface area contributed by atoms with Crippen molar-refractivity contribution in [2.45, 2.75) is 29.4 Å². The number of imidazole rings is 1. The van der Waals surface area contributed by atoms with E-state index in [1.165, 1.54) is 12.7 Å². The number of nitrogens with zero attached hydrogens (tertiary/aromatic N) is 4. The maximum atomic E-state index is 10.6. The molecule has 3 heterocycles. The van der Waals surface area contributed by atoms with Gasteiger partial charge in [-0.25, -0.2) is 15.0 Å². The summed E-state index contributed by atoms with van der Waals surface area (Å²) in [6, 6.07) is 14.3. The summed E-state index contributed by atoms with van der Waals surface area (Å²) in [6.07, 6.45) is -0.656. The fourth-order valence-corrected chi connectivity index (χ4v) is 4.78. The molecule has 0 spiro atoms. The van der Waals surface area contributed by atoms with Gasteiger partial charge in [0.05, 0.1) is 12.4 Å². The normalized spacial score (nSPS) is 24.5. The molecule has 1 aliphatic heterocycles. The quantitative estimate of drug-likeness (QED) is 0.438. The van der Waals surface area contributed by atoms with Crippen LogP contribution in [0.2, 0.25) is 0 Å². The van der Waals surface area contributed by atoms with E-state index in [0.29, 0.717) is 16.9 Å². The van der Waals surface area contributed by atoms with Gasteiger partial charge in [0.2, 0.25) is 0 Å². The Labute approximate surface area is 170 Å². The van der Waals surface area contributed by atoms with Gasteiger partial charge in [-0.3, -0.25) is 4.57 Å². The van der Waals surface area contributed by atoms with Gasteiger partial charge in [-0.15, -0.1) is 11.8 Å². The second-order valence-electron chi connectivity index (χ2n) is 6.92. The van der Waals surface area contributed by atoms with Gasteiger partial charge in [0, 0.05) is 10.6 Å². The summed E-state index contributed by atoms with van der Waals surface area (Å²) in [5.41, 5.74) is 6.72. The van der Waals surface area contributed by atoms with Crippen LogP contribution in [-0.4, -0.2) is 53.8 Å². The molecule has 0 saturated carbocycles. The average molecular weight is 409 g/mol. The van der Waals surface area contributed by atoms with Crippen molar-refractivity contribution < 1.29 is 14.9 Å². The zero-order valence-corrected chi connectivity index (χ0v) is 16.1. The van der Waals surface area contributed by atoms with Crippen LogP contribution in [0.5, 0.6) is 0 Å². The molecule has 1 aliphatic rings. The predicted octanol–water partition coefficient (Wildman–Crippen LogP) is 1.97. The van der Waals surface area contributed by atoms with E-state index in [-0.39, 0.29) is 5.82 Å². The molecule has 1 fully saturated rings. The first-order chi connectivity index (χ1) is 14.1. The van der Waals surface area contributed by atoms with Crippen LogP contribution in [0, 0.1) is 0 Å². The van der Waals surface area contributed by atoms with Gasteiger partial charge in [0.1, 0.15) is 24.1 Å². The van der Waals surface area contributed by atoms with Crippen molar-refractivity contribution in [2.75, 3.05) is 11.5 Å². The Morgan fingerprint density at radius 2 is 1.86 bits per heavy atom. The molecule has 4 N–H and O–H groups in total. The van der Waals surface area contributed by atoms with Crippen LogP contribution in [-0.2, 0) is 4.74 Å². The Balaban J connectivity index is 1.38. The van der Waals surface area contributed by atoms with Gasteiger partial charge >= 0.3 is 0 Å². The van der Waals surface area contributed by atoms with Crippen molar-refractivity contribution in [3.8, 4) is 0 Å². The van der Waals surface area contributed by atoms with Crippen molar-refractivity contribution in [3.05, 3.63) is 55.1 Å². The van der Waals surface area contributed by atoms with Crippen molar-refractivity contribution in [3.63, 3.8) is 0 Å². The highest BCUT2D eigenvalue weighted by Crippen LogP contribution is 2.36. The number of nitrogens with two attached hydrogens (primary N) is 1. The molecule has 9 heteroatoms. The highest BCUT2D eigenvalue weighted by Gasteiger charge is 2.44. The number of aromatic nitrogens is 4. The Morgan fingerprint density at radius 3 is 2.76 bits per heavy atom. The Kier molecular flexibility index (Phi) is 4.59. The third-order valence-corrected chi connectivity index (χ3v) is 6.31. The lowest BCUT2D eigenvalue weighted by molar-refractivity contribution is -0.0289. The van der Waals surface area contributed by atoms with Gasteiger partial charge in [-0.05, 0) is 16.8 Å². The minimum absolute atomic E-state index is 0.254. The summed E-state index contributed by atoms with van der Waals surface area (Å²) in [4.78, 5) is 13.4. The van der Waals surface area contributed by atoms with Crippen LogP contribution in [0.3, 0.4) is 0 Å². The topological polar surface area (TPSA) is 119 Å². The van der Waals surface area contributed by atoms with Gasteiger partial charge in [-0.1, -0.05) is 36.4 Å². The number of aliphatic hydroxyl groups is 2. The number of anilines is 1. The number of rotatable bonds is 4. The molecule has 2 aromatic heterocycles. The van der Waals surface area contributed by atoms with E-state index in [1.807, 2.05) is 24.3 Å². The molecule has 0 amide bonds. The standard InChI is InChI=1S/C20H19N5O3S/c21-18-15-19(23-9-22-18)25(10-24-15)20-17(27)16(26)13(28-20)8-29-14-7-3-5-11-4-1-2-6-12(11)14/h1-7,9-10,13,16-17,20,26-27H,8H2,(H2,21,22,23)/t13-,16-,17-,20-/m1/s1. The number of nitrogen functional groups attached to an aromatic ring is 1. The van der Waals surface area contributed by atoms with Crippen molar-refractivity contribution >= 4 is 39.5 Å². The largest absolute Gasteiger partial charge is 0.387 e. The number of ether oxygens (including phenoxy) is 1. The number of aliphatic hydroxyl groups excluding tert-OH is 2. The van der Waals surface area contributed by atoms with E-state index in [2.05, 4.69) is 33.2 Å². The molecule has 0 unspecified atom stereocenters. The van der Waals surface area contributed by atoms with E-state index in [9.17, 15) is 10.2 Å². The zero-order valence-electron chi connectivity index (χ0n) is 15.3. The van der Waals surface area contributed by atoms with Crippen molar-refractivity contribution in [2.24, 2.45) is 0 Å². The molecule has 2 aromatic carbocycles. The summed E-state index contributed by atoms with van der Waals surface area (Å²) >= 11 is 1.59. The molecule has 5 rings (SSSR count). The molecule has 0 bridgehead atoms. The number of hydrogen-bond donors (Lipinski definition) is 3. The number of fused-ring (bicyclic) bond motifs is 2. The molecule has 8 nitrogen and oxygen atoms in total. The van der Waals surface area contributed by atoms with Crippen LogP contribution in [0.15, 0.2) is 60.0 Å². The van der Waals surface area contributed by atoms with Crippen LogP contribution < -0.4 is 5.73 Å². The summed E-state index contributed by atoms with van der Waals surface area (Å²) in [5.74, 6) is 0.747. The van der Waals surface area contributed by atoms with Gasteiger partial charge in [-0.2, -0.15) is 0 Å². The monoisotopic (exact) mass is 409 g/mol. The van der Waals surface area contributed by atoms with Crippen LogP contribution in [0.1, 0.15) is 6.23 Å². The molecular formula is C20H19N5O3S. The lowest BCUT2D eigenvalue weighted by Gasteiger charge is -2.16. The number of thioether (sulfide) groups is 1. The lowest BCUT2D eigenvalue weighted by atomic mass is 10.1. The molecule has 0 radical (unpaired) electrons. The summed E-state index contributed by atoms with van der Waals surface area (Å²) in [7, 11) is 0. The van der Waals surface area contributed by atoms with Crippen LogP contribution in [0.25, 0.3) is 21.9 Å². The zero-order chi connectivity index (χ0) is 20.0.